The molecule has 2 aliphatic rings. The van der Waals surface area contributed by atoms with Crippen molar-refractivity contribution in [1.82, 2.24) is 19.7 Å². The Morgan fingerprint density at radius 2 is 1.67 bits per heavy atom. The molecule has 0 aliphatic carbocycles. The number of carbonyl (C=O) groups excluding carboxylic acids is 2. The minimum absolute atomic E-state index is 0.00253. The number of amides is 2. The van der Waals surface area contributed by atoms with E-state index in [9.17, 15) is 14.7 Å². The van der Waals surface area contributed by atoms with Crippen LogP contribution in [0.2, 0.25) is 5.02 Å². The fraction of sp³-hybridized carbons (Fsp3) is 0.333. The number of aryl methyl sites for hydroxylation is 1. The van der Waals surface area contributed by atoms with Crippen LogP contribution in [0.15, 0.2) is 42.5 Å². The number of phenolic OH excluding ortho intramolecular Hbond substituents is 1. The van der Waals surface area contributed by atoms with Gasteiger partial charge in [0.1, 0.15) is 0 Å². The molecule has 6 rings (SSSR count). The lowest BCUT2D eigenvalue weighted by Gasteiger charge is -2.32. The molecule has 9 heteroatoms. The number of benzene rings is 3. The van der Waals surface area contributed by atoms with Crippen molar-refractivity contribution < 1.29 is 19.4 Å². The second kappa shape index (κ2) is 10.2. The molecule has 2 aliphatic heterocycles. The van der Waals surface area contributed by atoms with Gasteiger partial charge >= 0.3 is 0 Å². The Morgan fingerprint density at radius 3 is 2.44 bits per heavy atom. The van der Waals surface area contributed by atoms with Gasteiger partial charge < -0.3 is 24.2 Å². The monoisotopic (exact) mass is 546 g/mol. The molecule has 3 aromatic carbocycles. The van der Waals surface area contributed by atoms with Gasteiger partial charge in [-0.2, -0.15) is 0 Å². The van der Waals surface area contributed by atoms with Crippen LogP contribution in [-0.4, -0.2) is 77.7 Å². The van der Waals surface area contributed by atoms with Crippen molar-refractivity contribution >= 4 is 45.2 Å². The van der Waals surface area contributed by atoms with Gasteiger partial charge in [0.05, 0.1) is 28.8 Å². The number of aromatic hydroxyl groups is 1. The van der Waals surface area contributed by atoms with Crippen molar-refractivity contribution in [2.24, 2.45) is 7.05 Å². The third-order valence-electron chi connectivity index (χ3n) is 7.94. The summed E-state index contributed by atoms with van der Waals surface area (Å²) in [5, 5.41) is 15.1. The molecule has 3 heterocycles. The summed E-state index contributed by atoms with van der Waals surface area (Å²) in [6.07, 6.45) is 1.91. The van der Waals surface area contributed by atoms with Gasteiger partial charge in [-0.05, 0) is 50.2 Å². The van der Waals surface area contributed by atoms with Crippen molar-refractivity contribution in [1.29, 1.82) is 0 Å². The van der Waals surface area contributed by atoms with Crippen molar-refractivity contribution in [3.8, 4) is 22.6 Å². The molecule has 1 fully saturated rings. The van der Waals surface area contributed by atoms with Crippen LogP contribution in [0.1, 0.15) is 33.6 Å². The van der Waals surface area contributed by atoms with Crippen LogP contribution >= 0.6 is 11.6 Å². The third-order valence-corrected chi connectivity index (χ3v) is 8.27. The van der Waals surface area contributed by atoms with Crippen molar-refractivity contribution in [3.63, 3.8) is 0 Å². The summed E-state index contributed by atoms with van der Waals surface area (Å²) < 4.78 is 7.96. The second-order valence-corrected chi connectivity index (χ2v) is 10.8. The Morgan fingerprint density at radius 1 is 0.923 bits per heavy atom. The molecule has 2 N–H and O–H groups in total. The lowest BCUT2D eigenvalue weighted by atomic mass is 9.93. The second-order valence-electron chi connectivity index (χ2n) is 10.4. The van der Waals surface area contributed by atoms with E-state index in [1.165, 1.54) is 0 Å². The van der Waals surface area contributed by atoms with Gasteiger partial charge in [-0.15, -0.1) is 0 Å². The molecule has 1 aromatic heterocycles. The molecule has 0 atom stereocenters. The molecule has 202 valence electrons. The van der Waals surface area contributed by atoms with E-state index in [4.69, 9.17) is 16.3 Å². The number of nitrogens with zero attached hydrogens (tertiary/aromatic N) is 3. The summed E-state index contributed by atoms with van der Waals surface area (Å²) in [6, 6.07) is 12.6. The number of imide groups is 1. The van der Waals surface area contributed by atoms with Crippen LogP contribution in [0.5, 0.6) is 11.5 Å². The maximum atomic E-state index is 13.0. The Kier molecular flexibility index (Phi) is 6.71. The van der Waals surface area contributed by atoms with Crippen LogP contribution < -0.4 is 10.1 Å². The number of ether oxygens (including phenoxy) is 1. The smallest absolute Gasteiger partial charge is 0.259 e. The maximum Gasteiger partial charge on any atom is 0.259 e. The first-order chi connectivity index (χ1) is 18.8. The van der Waals surface area contributed by atoms with E-state index >= 15 is 0 Å². The molecule has 0 bridgehead atoms. The van der Waals surface area contributed by atoms with E-state index in [1.807, 2.05) is 35.9 Å². The summed E-state index contributed by atoms with van der Waals surface area (Å²) in [7, 11) is 4.06. The molecule has 39 heavy (non-hydrogen) atoms. The first kappa shape index (κ1) is 25.7. The number of phenols is 1. The molecular weight excluding hydrogens is 516 g/mol. The lowest BCUT2D eigenvalue weighted by Crippen LogP contribution is -2.44. The molecule has 2 amide bonds. The number of halogens is 1. The third kappa shape index (κ3) is 4.52. The number of hydrogen-bond acceptors (Lipinski definition) is 6. The molecule has 0 saturated carbocycles. The molecule has 0 radical (unpaired) electrons. The first-order valence-electron chi connectivity index (χ1n) is 13.3. The average molecular weight is 547 g/mol. The standard InChI is InChI=1S/C30H31ClN4O4/c1-33-10-12-35(13-11-33)9-5-6-14-39-25-17-22-20(16-24(25)36)26-23(34(22)2)15-19(18-7-3-4-8-21(18)31)27-28(26)30(38)32-29(27)37/h3-4,7-8,15-17,36H,5-6,9-14H2,1-2H3,(H,32,37,38). The van der Waals surface area contributed by atoms with E-state index in [2.05, 4.69) is 22.2 Å². The number of nitrogens with one attached hydrogen (secondary N) is 1. The fourth-order valence-corrected chi connectivity index (χ4v) is 6.00. The Labute approximate surface area is 231 Å². The predicted octanol–water partition coefficient (Wildman–Crippen LogP) is 4.65. The van der Waals surface area contributed by atoms with Gasteiger partial charge in [0.2, 0.25) is 0 Å². The van der Waals surface area contributed by atoms with E-state index in [1.54, 1.807) is 18.2 Å². The van der Waals surface area contributed by atoms with Crippen molar-refractivity contribution in [2.45, 2.75) is 12.8 Å². The fourth-order valence-electron chi connectivity index (χ4n) is 5.76. The van der Waals surface area contributed by atoms with Crippen LogP contribution in [-0.2, 0) is 7.05 Å². The normalized spacial score (nSPS) is 16.3. The van der Waals surface area contributed by atoms with E-state index in [-0.39, 0.29) is 5.75 Å². The highest BCUT2D eigenvalue weighted by molar-refractivity contribution is 6.36. The summed E-state index contributed by atoms with van der Waals surface area (Å²) >= 11 is 6.50. The number of fused-ring (bicyclic) bond motifs is 5. The van der Waals surface area contributed by atoms with Gasteiger partial charge in [-0.3, -0.25) is 14.9 Å². The highest BCUT2D eigenvalue weighted by Gasteiger charge is 2.35. The maximum absolute atomic E-state index is 13.0. The number of hydrogen-bond donors (Lipinski definition) is 2. The van der Waals surface area contributed by atoms with Crippen LogP contribution in [0.4, 0.5) is 0 Å². The summed E-state index contributed by atoms with van der Waals surface area (Å²) in [5.74, 6) is -0.509. The highest BCUT2D eigenvalue weighted by atomic mass is 35.5. The first-order valence-corrected chi connectivity index (χ1v) is 13.7. The Bertz CT molecular complexity index is 1620. The number of piperazine rings is 1. The summed E-state index contributed by atoms with van der Waals surface area (Å²) in [6.45, 7) is 5.95. The summed E-state index contributed by atoms with van der Waals surface area (Å²) in [4.78, 5) is 30.8. The molecule has 4 aromatic rings. The van der Waals surface area contributed by atoms with Crippen LogP contribution in [0.3, 0.4) is 0 Å². The van der Waals surface area contributed by atoms with E-state index in [0.29, 0.717) is 50.4 Å². The minimum atomic E-state index is -0.457. The van der Waals surface area contributed by atoms with Crippen molar-refractivity contribution in [3.05, 3.63) is 58.6 Å². The molecular formula is C30H31ClN4O4. The number of likely N-dealkylation sites (N-methyl/N-ethyl adjacent to an activating group) is 1. The van der Waals surface area contributed by atoms with Gasteiger partial charge in [0.25, 0.3) is 11.8 Å². The van der Waals surface area contributed by atoms with Crippen LogP contribution in [0.25, 0.3) is 32.9 Å². The van der Waals surface area contributed by atoms with Crippen LogP contribution in [0, 0.1) is 0 Å². The topological polar surface area (TPSA) is 87.0 Å². The Hall–Kier alpha value is -3.59. The Balaban J connectivity index is 1.33. The van der Waals surface area contributed by atoms with Crippen molar-refractivity contribution in [2.75, 3.05) is 46.4 Å². The van der Waals surface area contributed by atoms with Gasteiger partial charge in [0.15, 0.2) is 11.5 Å². The van der Waals surface area contributed by atoms with E-state index < -0.39 is 11.8 Å². The largest absolute Gasteiger partial charge is 0.504 e. The zero-order valence-corrected chi connectivity index (χ0v) is 22.8. The average Bonchev–Trinajstić information content (AvgIpc) is 3.37. The number of rotatable bonds is 7. The number of carbonyl (C=O) groups is 2. The zero-order chi connectivity index (χ0) is 27.3. The predicted molar refractivity (Wildman–Crippen MR) is 153 cm³/mol. The van der Waals surface area contributed by atoms with E-state index in [0.717, 1.165) is 56.6 Å². The van der Waals surface area contributed by atoms with Gasteiger partial charge in [0, 0.05) is 60.7 Å². The molecule has 1 saturated heterocycles. The molecule has 0 spiro atoms. The SMILES string of the molecule is CN1CCN(CCCCOc2cc3c(cc2O)c2c4c(c(-c5ccccc5Cl)cc2n3C)C(=O)NC4=O)CC1. The quantitative estimate of drug-likeness (QED) is 0.259. The summed E-state index contributed by atoms with van der Waals surface area (Å²) in [5.41, 5.74) is 3.42. The number of unbranched alkanes of at least 4 members (excludes halogenated alkanes) is 1. The number of aromatic nitrogens is 1. The highest BCUT2D eigenvalue weighted by Crippen LogP contribution is 2.44. The lowest BCUT2D eigenvalue weighted by molar-refractivity contribution is 0.0880. The molecule has 0 unspecified atom stereocenters. The minimum Gasteiger partial charge on any atom is -0.504 e. The van der Waals surface area contributed by atoms with Gasteiger partial charge in [-0.25, -0.2) is 0 Å². The zero-order valence-electron chi connectivity index (χ0n) is 22.1. The molecule has 8 nitrogen and oxygen atoms in total. The van der Waals surface area contributed by atoms with Gasteiger partial charge in [-0.1, -0.05) is 29.8 Å².